The van der Waals surface area contributed by atoms with Crippen LogP contribution >= 0.6 is 11.6 Å². The average molecular weight is 511 g/mol. The van der Waals surface area contributed by atoms with Crippen molar-refractivity contribution < 1.29 is 37.0 Å². The van der Waals surface area contributed by atoms with Gasteiger partial charge in [0.25, 0.3) is 0 Å². The molecule has 34 heavy (non-hydrogen) atoms. The molecule has 0 saturated heterocycles. The molecule has 2 unspecified atom stereocenters. The van der Waals surface area contributed by atoms with Gasteiger partial charge in [0.15, 0.2) is 23.1 Å². The minimum atomic E-state index is -3.75. The van der Waals surface area contributed by atoms with Crippen LogP contribution in [-0.4, -0.2) is 57.4 Å². The molecule has 0 amide bonds. The van der Waals surface area contributed by atoms with Crippen LogP contribution in [-0.2, 0) is 41.7 Å². The highest BCUT2D eigenvalue weighted by molar-refractivity contribution is 7.92. The second-order valence-electron chi connectivity index (χ2n) is 7.53. The quantitative estimate of drug-likeness (QED) is 0.354. The van der Waals surface area contributed by atoms with E-state index in [2.05, 4.69) is 0 Å². The third-order valence-corrected chi connectivity index (χ3v) is 8.15. The first-order chi connectivity index (χ1) is 16.3. The Morgan fingerprint density at radius 1 is 0.853 bits per heavy atom. The lowest BCUT2D eigenvalue weighted by atomic mass is 9.89. The van der Waals surface area contributed by atoms with Crippen LogP contribution in [0.2, 0.25) is 0 Å². The predicted octanol–water partition coefficient (Wildman–Crippen LogP) is 3.12. The SMILES string of the molecule is CCOC(=O)COc1ccc(OCC(=O)OCC)c2c1CC(Cl)C(S(=O)(=O)c1ccccc1)C2. The molecule has 8 nitrogen and oxygen atoms in total. The summed E-state index contributed by atoms with van der Waals surface area (Å²) in [6.45, 7) is 3.19. The summed E-state index contributed by atoms with van der Waals surface area (Å²) in [7, 11) is -3.75. The Morgan fingerprint density at radius 2 is 1.35 bits per heavy atom. The monoisotopic (exact) mass is 510 g/mol. The average Bonchev–Trinajstić information content (AvgIpc) is 2.82. The number of fused-ring (bicyclic) bond motifs is 1. The van der Waals surface area contributed by atoms with Gasteiger partial charge in [-0.25, -0.2) is 18.0 Å². The van der Waals surface area contributed by atoms with Gasteiger partial charge in [-0.3, -0.25) is 0 Å². The van der Waals surface area contributed by atoms with Gasteiger partial charge in [0, 0.05) is 11.1 Å². The van der Waals surface area contributed by atoms with E-state index in [4.69, 9.17) is 30.5 Å². The van der Waals surface area contributed by atoms with E-state index in [0.29, 0.717) is 22.6 Å². The third-order valence-electron chi connectivity index (χ3n) is 5.33. The number of rotatable bonds is 10. The van der Waals surface area contributed by atoms with E-state index in [1.54, 1.807) is 44.2 Å². The zero-order valence-electron chi connectivity index (χ0n) is 19.0. The van der Waals surface area contributed by atoms with Crippen LogP contribution in [0.5, 0.6) is 11.5 Å². The van der Waals surface area contributed by atoms with Crippen LogP contribution in [0.1, 0.15) is 25.0 Å². The van der Waals surface area contributed by atoms with Crippen molar-refractivity contribution in [2.24, 2.45) is 0 Å². The number of benzene rings is 2. The highest BCUT2D eigenvalue weighted by atomic mass is 35.5. The van der Waals surface area contributed by atoms with Crippen molar-refractivity contribution in [2.75, 3.05) is 26.4 Å². The Hall–Kier alpha value is -2.78. The van der Waals surface area contributed by atoms with Gasteiger partial charge in [0.2, 0.25) is 0 Å². The number of esters is 2. The number of ether oxygens (including phenoxy) is 4. The number of carbonyl (C=O) groups excluding carboxylic acids is 2. The van der Waals surface area contributed by atoms with Crippen molar-refractivity contribution in [3.8, 4) is 11.5 Å². The van der Waals surface area contributed by atoms with E-state index in [0.717, 1.165) is 0 Å². The molecule has 0 saturated carbocycles. The molecule has 0 fully saturated rings. The maximum atomic E-state index is 13.4. The lowest BCUT2D eigenvalue weighted by Gasteiger charge is -2.31. The number of alkyl halides is 1. The largest absolute Gasteiger partial charge is 0.482 e. The normalized spacial score (nSPS) is 17.4. The first-order valence-corrected chi connectivity index (χ1v) is 12.9. The second-order valence-corrected chi connectivity index (χ2v) is 10.3. The zero-order valence-corrected chi connectivity index (χ0v) is 20.6. The van der Waals surface area contributed by atoms with E-state index >= 15 is 0 Å². The Bertz CT molecular complexity index is 1120. The zero-order chi connectivity index (χ0) is 24.7. The molecule has 0 heterocycles. The molecule has 2 atom stereocenters. The van der Waals surface area contributed by atoms with E-state index in [1.807, 2.05) is 0 Å². The van der Waals surface area contributed by atoms with Gasteiger partial charge in [0.05, 0.1) is 28.7 Å². The summed E-state index contributed by atoms with van der Waals surface area (Å²) in [5.74, 6) is -0.351. The van der Waals surface area contributed by atoms with Gasteiger partial charge < -0.3 is 18.9 Å². The van der Waals surface area contributed by atoms with Crippen LogP contribution < -0.4 is 9.47 Å². The van der Waals surface area contributed by atoms with Crippen LogP contribution in [0.4, 0.5) is 0 Å². The molecule has 1 aliphatic carbocycles. The summed E-state index contributed by atoms with van der Waals surface area (Å²) in [6, 6.07) is 11.3. The fraction of sp³-hybridized carbons (Fsp3) is 0.417. The maximum absolute atomic E-state index is 13.4. The molecule has 2 aromatic carbocycles. The van der Waals surface area contributed by atoms with Crippen LogP contribution in [0, 0.1) is 0 Å². The Labute approximate surface area is 204 Å². The van der Waals surface area contributed by atoms with Crippen molar-refractivity contribution in [3.63, 3.8) is 0 Å². The fourth-order valence-electron chi connectivity index (χ4n) is 3.79. The number of halogens is 1. The first-order valence-electron chi connectivity index (χ1n) is 10.9. The van der Waals surface area contributed by atoms with Gasteiger partial charge in [-0.05, 0) is 51.0 Å². The summed E-state index contributed by atoms with van der Waals surface area (Å²) in [5.41, 5.74) is 1.19. The van der Waals surface area contributed by atoms with Gasteiger partial charge >= 0.3 is 11.9 Å². The number of carbonyl (C=O) groups is 2. The van der Waals surface area contributed by atoms with Crippen LogP contribution in [0.15, 0.2) is 47.4 Å². The molecule has 0 radical (unpaired) electrons. The Balaban J connectivity index is 1.95. The number of sulfone groups is 1. The smallest absolute Gasteiger partial charge is 0.344 e. The van der Waals surface area contributed by atoms with Crippen molar-refractivity contribution >= 4 is 33.4 Å². The minimum absolute atomic E-state index is 0.0511. The lowest BCUT2D eigenvalue weighted by molar-refractivity contribution is -0.146. The molecule has 2 aromatic rings. The molecule has 0 bridgehead atoms. The van der Waals surface area contributed by atoms with Crippen LogP contribution in [0.3, 0.4) is 0 Å². The predicted molar refractivity (Wildman–Crippen MR) is 125 cm³/mol. The highest BCUT2D eigenvalue weighted by Gasteiger charge is 2.40. The van der Waals surface area contributed by atoms with Gasteiger partial charge in [0.1, 0.15) is 11.5 Å². The van der Waals surface area contributed by atoms with Gasteiger partial charge in [-0.2, -0.15) is 0 Å². The standard InChI is InChI=1S/C24H27ClO8S/c1-3-30-23(26)14-32-20-10-11-21(33-15-24(27)31-4-2)18-13-22(19(25)12-17(18)20)34(28,29)16-8-6-5-7-9-16/h5-11,19,22H,3-4,12-15H2,1-2H3. The molecular formula is C24H27ClO8S. The second kappa shape index (κ2) is 11.6. The summed E-state index contributed by atoms with van der Waals surface area (Å²) >= 11 is 6.61. The fourth-order valence-corrected chi connectivity index (χ4v) is 6.20. The Morgan fingerprint density at radius 3 is 1.85 bits per heavy atom. The molecule has 3 rings (SSSR count). The maximum Gasteiger partial charge on any atom is 0.344 e. The molecular weight excluding hydrogens is 484 g/mol. The van der Waals surface area contributed by atoms with Crippen molar-refractivity contribution in [3.05, 3.63) is 53.6 Å². The van der Waals surface area contributed by atoms with E-state index in [1.165, 1.54) is 12.1 Å². The molecule has 184 valence electrons. The topological polar surface area (TPSA) is 105 Å². The molecule has 10 heteroatoms. The summed E-state index contributed by atoms with van der Waals surface area (Å²) in [4.78, 5) is 23.8. The van der Waals surface area contributed by atoms with Crippen molar-refractivity contribution in [1.29, 1.82) is 0 Å². The van der Waals surface area contributed by atoms with Crippen molar-refractivity contribution in [1.82, 2.24) is 0 Å². The molecule has 1 aliphatic rings. The van der Waals surface area contributed by atoms with Gasteiger partial charge in [-0.15, -0.1) is 11.6 Å². The van der Waals surface area contributed by atoms with Crippen LogP contribution in [0.25, 0.3) is 0 Å². The van der Waals surface area contributed by atoms with E-state index in [9.17, 15) is 18.0 Å². The molecule has 0 aliphatic heterocycles. The minimum Gasteiger partial charge on any atom is -0.482 e. The summed E-state index contributed by atoms with van der Waals surface area (Å²) in [6.07, 6.45) is 0.220. The Kier molecular flexibility index (Phi) is 8.79. The molecule has 0 spiro atoms. The lowest BCUT2D eigenvalue weighted by Crippen LogP contribution is -2.38. The van der Waals surface area contributed by atoms with Gasteiger partial charge in [-0.1, -0.05) is 18.2 Å². The summed E-state index contributed by atoms with van der Waals surface area (Å²) in [5, 5.41) is -1.67. The molecule has 0 N–H and O–H groups in total. The molecule has 0 aromatic heterocycles. The third kappa shape index (κ3) is 6.01. The number of hydrogen-bond acceptors (Lipinski definition) is 8. The summed E-state index contributed by atoms with van der Waals surface area (Å²) < 4.78 is 47.9. The van der Waals surface area contributed by atoms with Crippen molar-refractivity contribution in [2.45, 2.75) is 42.2 Å². The van der Waals surface area contributed by atoms with E-state index < -0.39 is 32.4 Å². The number of hydrogen-bond donors (Lipinski definition) is 0. The van der Waals surface area contributed by atoms with E-state index in [-0.39, 0.29) is 44.2 Å². The first kappa shape index (κ1) is 25.8. The highest BCUT2D eigenvalue weighted by Crippen LogP contribution is 2.41.